The molecule has 0 amide bonds. The second kappa shape index (κ2) is 7.05. The Balaban J connectivity index is 2.02. The van der Waals surface area contributed by atoms with E-state index in [-0.39, 0.29) is 0 Å². The summed E-state index contributed by atoms with van der Waals surface area (Å²) in [6.07, 6.45) is 1.89. The molecule has 0 fully saturated rings. The van der Waals surface area contributed by atoms with Gasteiger partial charge in [0.1, 0.15) is 0 Å². The maximum absolute atomic E-state index is 9.31. The second-order valence-corrected chi connectivity index (χ2v) is 5.65. The number of nitrogens with zero attached hydrogens (tertiary/aromatic N) is 3. The Morgan fingerprint density at radius 1 is 1.30 bits per heavy atom. The van der Waals surface area contributed by atoms with Crippen LogP contribution in [0.2, 0.25) is 0 Å². The van der Waals surface area contributed by atoms with Crippen LogP contribution < -0.4 is 5.32 Å². The van der Waals surface area contributed by atoms with Gasteiger partial charge in [0.05, 0.1) is 34.5 Å². The van der Waals surface area contributed by atoms with E-state index in [2.05, 4.69) is 25.7 Å². The highest BCUT2D eigenvalue weighted by atomic mass is 32.1. The highest BCUT2D eigenvalue weighted by Crippen LogP contribution is 2.29. The van der Waals surface area contributed by atoms with E-state index in [0.29, 0.717) is 24.7 Å². The van der Waals surface area contributed by atoms with E-state index in [1.165, 1.54) is 11.5 Å². The van der Waals surface area contributed by atoms with Gasteiger partial charge in [0.15, 0.2) is 0 Å². The van der Waals surface area contributed by atoms with Gasteiger partial charge >= 0.3 is 0 Å². The Hall–Kier alpha value is -2.69. The van der Waals surface area contributed by atoms with E-state index in [4.69, 9.17) is 4.74 Å². The SMILES string of the molecule is COCCNc1nc(-c2c[nH]s2)cc(-c2ccccc2C#N)n1. The first-order valence-corrected chi connectivity index (χ1v) is 7.88. The van der Waals surface area contributed by atoms with Crippen molar-refractivity contribution in [2.45, 2.75) is 0 Å². The molecule has 2 N–H and O–H groups in total. The lowest BCUT2D eigenvalue weighted by molar-refractivity contribution is 0.210. The van der Waals surface area contributed by atoms with Gasteiger partial charge in [-0.2, -0.15) is 5.26 Å². The van der Waals surface area contributed by atoms with Crippen LogP contribution >= 0.6 is 11.5 Å². The van der Waals surface area contributed by atoms with E-state index >= 15 is 0 Å². The van der Waals surface area contributed by atoms with E-state index < -0.39 is 0 Å². The van der Waals surface area contributed by atoms with Crippen LogP contribution in [0.4, 0.5) is 5.95 Å². The minimum absolute atomic E-state index is 0.524. The van der Waals surface area contributed by atoms with E-state index in [1.54, 1.807) is 13.2 Å². The number of anilines is 1. The maximum Gasteiger partial charge on any atom is 0.223 e. The van der Waals surface area contributed by atoms with Gasteiger partial charge in [0, 0.05) is 25.4 Å². The number of nitrogens with one attached hydrogen (secondary N) is 2. The van der Waals surface area contributed by atoms with Crippen LogP contribution in [0, 0.1) is 11.3 Å². The molecule has 7 heteroatoms. The Morgan fingerprint density at radius 3 is 2.78 bits per heavy atom. The van der Waals surface area contributed by atoms with Crippen LogP contribution in [-0.4, -0.2) is 34.6 Å². The number of aromatic amines is 1. The number of hydrogen-bond acceptors (Lipinski definition) is 6. The summed E-state index contributed by atoms with van der Waals surface area (Å²) in [7, 11) is 1.65. The van der Waals surface area contributed by atoms with Crippen molar-refractivity contribution in [1.29, 1.82) is 5.26 Å². The van der Waals surface area contributed by atoms with Gasteiger partial charge in [-0.1, -0.05) is 29.7 Å². The first kappa shape index (κ1) is 15.2. The number of hydrogen-bond donors (Lipinski definition) is 2. The van der Waals surface area contributed by atoms with Gasteiger partial charge in [-0.15, -0.1) is 0 Å². The molecule has 116 valence electrons. The van der Waals surface area contributed by atoms with Gasteiger partial charge in [0.2, 0.25) is 5.95 Å². The standard InChI is InChI=1S/C16H15N5OS/c1-22-7-6-18-16-20-13(8-14(21-16)15-10-19-23-15)12-5-3-2-4-11(12)9-17/h2-5,8,10,19H,6-7H2,1H3,(H,18,20,21). The van der Waals surface area contributed by atoms with E-state index in [0.717, 1.165) is 21.8 Å². The molecule has 0 atom stereocenters. The first-order valence-electron chi connectivity index (χ1n) is 7.06. The molecular weight excluding hydrogens is 310 g/mol. The summed E-state index contributed by atoms with van der Waals surface area (Å²) in [5.41, 5.74) is 2.94. The zero-order valence-corrected chi connectivity index (χ0v) is 13.4. The van der Waals surface area contributed by atoms with Gasteiger partial charge < -0.3 is 14.4 Å². The van der Waals surface area contributed by atoms with Crippen LogP contribution in [0.1, 0.15) is 5.56 Å². The number of rotatable bonds is 6. The number of H-pyrrole nitrogens is 1. The van der Waals surface area contributed by atoms with Crippen molar-refractivity contribution < 1.29 is 4.74 Å². The topological polar surface area (TPSA) is 86.6 Å². The Morgan fingerprint density at radius 2 is 2.09 bits per heavy atom. The number of aromatic nitrogens is 3. The van der Waals surface area contributed by atoms with Crippen LogP contribution in [0.25, 0.3) is 21.8 Å². The lowest BCUT2D eigenvalue weighted by Gasteiger charge is -2.11. The number of benzene rings is 1. The van der Waals surface area contributed by atoms with Crippen molar-refractivity contribution in [3.8, 4) is 27.9 Å². The minimum atomic E-state index is 0.524. The lowest BCUT2D eigenvalue weighted by Crippen LogP contribution is -2.11. The van der Waals surface area contributed by atoms with Crippen LogP contribution in [0.3, 0.4) is 0 Å². The molecule has 0 radical (unpaired) electrons. The second-order valence-electron chi connectivity index (χ2n) is 4.77. The monoisotopic (exact) mass is 325 g/mol. The molecule has 1 aromatic carbocycles. The molecule has 2 aromatic heterocycles. The summed E-state index contributed by atoms with van der Waals surface area (Å²) < 4.78 is 8.05. The molecule has 0 saturated carbocycles. The summed E-state index contributed by atoms with van der Waals surface area (Å²) >= 11 is 1.51. The molecule has 2 heterocycles. The molecule has 0 aliphatic rings. The third-order valence-corrected chi connectivity index (χ3v) is 4.03. The summed E-state index contributed by atoms with van der Waals surface area (Å²) in [4.78, 5) is 10.1. The molecule has 3 rings (SSSR count). The zero-order chi connectivity index (χ0) is 16.1. The molecule has 23 heavy (non-hydrogen) atoms. The molecule has 0 bridgehead atoms. The zero-order valence-electron chi connectivity index (χ0n) is 12.5. The third kappa shape index (κ3) is 3.39. The predicted molar refractivity (Wildman–Crippen MR) is 90.2 cm³/mol. The fraction of sp³-hybridized carbons (Fsp3) is 0.188. The van der Waals surface area contributed by atoms with Crippen molar-refractivity contribution in [3.63, 3.8) is 0 Å². The van der Waals surface area contributed by atoms with Gasteiger partial charge in [0.25, 0.3) is 0 Å². The molecule has 0 aliphatic carbocycles. The minimum Gasteiger partial charge on any atom is -0.383 e. The molecule has 0 spiro atoms. The van der Waals surface area contributed by atoms with Crippen molar-refractivity contribution in [3.05, 3.63) is 42.1 Å². The molecule has 0 saturated heterocycles. The maximum atomic E-state index is 9.31. The van der Waals surface area contributed by atoms with Crippen LogP contribution in [0.5, 0.6) is 0 Å². The number of ether oxygens (including phenoxy) is 1. The lowest BCUT2D eigenvalue weighted by atomic mass is 10.0. The van der Waals surface area contributed by atoms with E-state index in [1.807, 2.05) is 30.5 Å². The molecule has 6 nitrogen and oxygen atoms in total. The fourth-order valence-corrected chi connectivity index (χ4v) is 2.55. The molecule has 0 unspecified atom stereocenters. The summed E-state index contributed by atoms with van der Waals surface area (Å²) in [5, 5.41) is 12.5. The van der Waals surface area contributed by atoms with Crippen molar-refractivity contribution in [2.75, 3.05) is 25.6 Å². The largest absolute Gasteiger partial charge is 0.383 e. The van der Waals surface area contributed by atoms with Gasteiger partial charge in [-0.25, -0.2) is 9.97 Å². The highest BCUT2D eigenvalue weighted by molar-refractivity contribution is 7.10. The quantitative estimate of drug-likeness (QED) is 0.680. The van der Waals surface area contributed by atoms with Gasteiger partial charge in [-0.05, 0) is 12.1 Å². The smallest absolute Gasteiger partial charge is 0.223 e. The van der Waals surface area contributed by atoms with Crippen LogP contribution in [-0.2, 0) is 4.74 Å². The average Bonchev–Trinajstić information content (AvgIpc) is 2.53. The fourth-order valence-electron chi connectivity index (χ4n) is 2.10. The first-order chi connectivity index (χ1) is 11.3. The number of methoxy groups -OCH3 is 1. The summed E-state index contributed by atoms with van der Waals surface area (Å²) in [6, 6.07) is 11.5. The normalized spacial score (nSPS) is 10.4. The van der Waals surface area contributed by atoms with Crippen molar-refractivity contribution in [2.24, 2.45) is 0 Å². The van der Waals surface area contributed by atoms with Crippen molar-refractivity contribution >= 4 is 17.5 Å². The molecule has 3 aromatic rings. The third-order valence-electron chi connectivity index (χ3n) is 3.25. The number of nitriles is 1. The predicted octanol–water partition coefficient (Wildman–Crippen LogP) is 3.13. The van der Waals surface area contributed by atoms with Crippen LogP contribution in [0.15, 0.2) is 36.5 Å². The van der Waals surface area contributed by atoms with Gasteiger partial charge in [-0.3, -0.25) is 0 Å². The summed E-state index contributed by atoms with van der Waals surface area (Å²) in [5.74, 6) is 0.524. The average molecular weight is 325 g/mol. The van der Waals surface area contributed by atoms with Crippen molar-refractivity contribution in [1.82, 2.24) is 14.3 Å². The Bertz CT molecular complexity index is 824. The summed E-state index contributed by atoms with van der Waals surface area (Å²) in [6.45, 7) is 1.18. The molecular formula is C16H15N5OS. The molecule has 0 aliphatic heterocycles. The highest BCUT2D eigenvalue weighted by Gasteiger charge is 2.12. The Labute approximate surface area is 137 Å². The van der Waals surface area contributed by atoms with E-state index in [9.17, 15) is 5.26 Å². The Kier molecular flexibility index (Phi) is 4.66.